The van der Waals surface area contributed by atoms with Crippen molar-refractivity contribution in [2.45, 2.75) is 44.7 Å². The van der Waals surface area contributed by atoms with Gasteiger partial charge in [0.2, 0.25) is 0 Å². The molecule has 0 bridgehead atoms. The Hall–Kier alpha value is -1.55. The fraction of sp³-hybridized carbons (Fsp3) is 0.533. The van der Waals surface area contributed by atoms with Gasteiger partial charge in [-0.05, 0) is 44.7 Å². The van der Waals surface area contributed by atoms with Gasteiger partial charge in [0.1, 0.15) is 5.52 Å². The lowest BCUT2D eigenvalue weighted by atomic mass is 9.91. The zero-order valence-corrected chi connectivity index (χ0v) is 11.4. The van der Waals surface area contributed by atoms with E-state index >= 15 is 0 Å². The van der Waals surface area contributed by atoms with Gasteiger partial charge in [-0.3, -0.25) is 0 Å². The third-order valence-corrected chi connectivity index (χ3v) is 4.05. The Labute approximate surface area is 113 Å². The molecular weight excluding hydrogens is 238 g/mol. The van der Waals surface area contributed by atoms with Crippen LogP contribution in [0.4, 0.5) is 6.01 Å². The number of anilines is 1. The van der Waals surface area contributed by atoms with Crippen LogP contribution in [-0.4, -0.2) is 23.6 Å². The molecule has 1 aliphatic rings. The van der Waals surface area contributed by atoms with Crippen LogP contribution in [0.1, 0.15) is 32.6 Å². The third-order valence-electron chi connectivity index (χ3n) is 4.05. The second kappa shape index (κ2) is 5.21. The summed E-state index contributed by atoms with van der Waals surface area (Å²) in [7, 11) is 0. The van der Waals surface area contributed by atoms with E-state index in [4.69, 9.17) is 10.2 Å². The molecule has 0 radical (unpaired) electrons. The van der Waals surface area contributed by atoms with Gasteiger partial charge in [-0.1, -0.05) is 12.1 Å². The van der Waals surface area contributed by atoms with Gasteiger partial charge in [0, 0.05) is 18.6 Å². The molecule has 2 aromatic rings. The summed E-state index contributed by atoms with van der Waals surface area (Å²) < 4.78 is 5.88. The minimum Gasteiger partial charge on any atom is -0.423 e. The van der Waals surface area contributed by atoms with E-state index in [2.05, 4.69) is 16.8 Å². The molecule has 0 saturated heterocycles. The Bertz CT molecular complexity index is 510. The van der Waals surface area contributed by atoms with Gasteiger partial charge in [-0.15, -0.1) is 0 Å². The minimum absolute atomic E-state index is 0.374. The maximum absolute atomic E-state index is 5.98. The molecule has 1 aromatic carbocycles. The highest BCUT2D eigenvalue weighted by Gasteiger charge is 2.26. The smallest absolute Gasteiger partial charge is 0.298 e. The van der Waals surface area contributed by atoms with Gasteiger partial charge in [0.05, 0.1) is 0 Å². The number of fused-ring (bicyclic) bond motifs is 1. The molecule has 0 spiro atoms. The summed E-state index contributed by atoms with van der Waals surface area (Å²) in [5.74, 6) is 0. The maximum atomic E-state index is 5.98. The molecule has 2 N–H and O–H groups in total. The molecule has 19 heavy (non-hydrogen) atoms. The fourth-order valence-electron chi connectivity index (χ4n) is 2.95. The highest BCUT2D eigenvalue weighted by molar-refractivity contribution is 5.74. The number of aromatic nitrogens is 1. The molecule has 4 nitrogen and oxygen atoms in total. The standard InChI is InChI=1S/C15H21N3O/c1-2-18(12-9-7-11(16)8-10-12)15-17-13-5-3-4-6-14(13)19-15/h3-6,11-12H,2,7-10,16H2,1H3. The van der Waals surface area contributed by atoms with Crippen LogP contribution in [0, 0.1) is 0 Å². The molecule has 0 aliphatic heterocycles. The Kier molecular flexibility index (Phi) is 3.42. The normalized spacial score (nSPS) is 23.7. The zero-order valence-electron chi connectivity index (χ0n) is 11.4. The highest BCUT2D eigenvalue weighted by atomic mass is 16.4. The van der Waals surface area contributed by atoms with E-state index in [0.29, 0.717) is 12.1 Å². The van der Waals surface area contributed by atoms with Crippen LogP contribution in [0.25, 0.3) is 11.1 Å². The SMILES string of the molecule is CCN(c1nc2ccccc2o1)C1CCC(N)CC1. The molecule has 0 atom stereocenters. The monoisotopic (exact) mass is 259 g/mol. The number of rotatable bonds is 3. The van der Waals surface area contributed by atoms with Crippen LogP contribution in [0.15, 0.2) is 28.7 Å². The summed E-state index contributed by atoms with van der Waals surface area (Å²) in [4.78, 5) is 6.89. The maximum Gasteiger partial charge on any atom is 0.298 e. The summed E-state index contributed by atoms with van der Waals surface area (Å²) in [5, 5.41) is 0. The second-order valence-corrected chi connectivity index (χ2v) is 5.32. The van der Waals surface area contributed by atoms with Crippen molar-refractivity contribution in [3.05, 3.63) is 24.3 Å². The van der Waals surface area contributed by atoms with Crippen molar-refractivity contribution in [2.75, 3.05) is 11.4 Å². The van der Waals surface area contributed by atoms with E-state index in [-0.39, 0.29) is 0 Å². The number of benzene rings is 1. The average molecular weight is 259 g/mol. The topological polar surface area (TPSA) is 55.3 Å². The fourth-order valence-corrected chi connectivity index (χ4v) is 2.95. The molecule has 0 unspecified atom stereocenters. The van der Waals surface area contributed by atoms with Gasteiger partial charge in [0.15, 0.2) is 5.58 Å². The molecule has 1 saturated carbocycles. The first-order chi connectivity index (χ1) is 9.28. The molecule has 0 amide bonds. The number of nitrogens with zero attached hydrogens (tertiary/aromatic N) is 2. The third kappa shape index (κ3) is 2.45. The molecule has 1 aliphatic carbocycles. The van der Waals surface area contributed by atoms with Crippen molar-refractivity contribution in [3.8, 4) is 0 Å². The molecule has 102 valence electrons. The molecule has 3 rings (SSSR count). The van der Waals surface area contributed by atoms with Crippen LogP contribution in [0.5, 0.6) is 0 Å². The van der Waals surface area contributed by atoms with E-state index in [1.165, 1.54) is 0 Å². The number of nitrogens with two attached hydrogens (primary N) is 1. The lowest BCUT2D eigenvalue weighted by molar-refractivity contribution is 0.365. The van der Waals surface area contributed by atoms with Crippen molar-refractivity contribution in [2.24, 2.45) is 5.73 Å². The first-order valence-corrected chi connectivity index (χ1v) is 7.15. The molecule has 1 heterocycles. The van der Waals surface area contributed by atoms with E-state index in [1.807, 2.05) is 24.3 Å². The van der Waals surface area contributed by atoms with E-state index in [1.54, 1.807) is 0 Å². The number of hydrogen-bond donors (Lipinski definition) is 1. The Balaban J connectivity index is 1.85. The van der Waals surface area contributed by atoms with Crippen molar-refractivity contribution in [3.63, 3.8) is 0 Å². The van der Waals surface area contributed by atoms with Crippen molar-refractivity contribution < 1.29 is 4.42 Å². The first-order valence-electron chi connectivity index (χ1n) is 7.15. The van der Waals surface area contributed by atoms with E-state index < -0.39 is 0 Å². The summed E-state index contributed by atoms with van der Waals surface area (Å²) >= 11 is 0. The van der Waals surface area contributed by atoms with Crippen molar-refractivity contribution in [1.29, 1.82) is 0 Å². The van der Waals surface area contributed by atoms with Crippen LogP contribution < -0.4 is 10.6 Å². The number of oxazole rings is 1. The number of para-hydroxylation sites is 2. The Morgan fingerprint density at radius 2 is 2.00 bits per heavy atom. The predicted octanol–water partition coefficient (Wildman–Crippen LogP) is 2.92. The first kappa shape index (κ1) is 12.5. The number of hydrogen-bond acceptors (Lipinski definition) is 4. The van der Waals surface area contributed by atoms with Crippen LogP contribution in [0.3, 0.4) is 0 Å². The molecular formula is C15H21N3O. The lowest BCUT2D eigenvalue weighted by Crippen LogP contribution is -2.41. The van der Waals surface area contributed by atoms with Crippen LogP contribution >= 0.6 is 0 Å². The molecule has 1 fully saturated rings. The van der Waals surface area contributed by atoms with Crippen LogP contribution in [-0.2, 0) is 0 Å². The lowest BCUT2D eigenvalue weighted by Gasteiger charge is -2.34. The second-order valence-electron chi connectivity index (χ2n) is 5.32. The largest absolute Gasteiger partial charge is 0.423 e. The minimum atomic E-state index is 0.374. The molecule has 1 aromatic heterocycles. The van der Waals surface area contributed by atoms with E-state index in [0.717, 1.165) is 49.3 Å². The van der Waals surface area contributed by atoms with Gasteiger partial charge < -0.3 is 15.1 Å². The van der Waals surface area contributed by atoms with Crippen molar-refractivity contribution in [1.82, 2.24) is 4.98 Å². The quantitative estimate of drug-likeness (QED) is 0.920. The zero-order chi connectivity index (χ0) is 13.2. The van der Waals surface area contributed by atoms with Gasteiger partial charge >= 0.3 is 0 Å². The summed E-state index contributed by atoms with van der Waals surface area (Å²) in [6.07, 6.45) is 4.46. The summed E-state index contributed by atoms with van der Waals surface area (Å²) in [5.41, 5.74) is 7.78. The Morgan fingerprint density at radius 1 is 1.26 bits per heavy atom. The van der Waals surface area contributed by atoms with Crippen molar-refractivity contribution >= 4 is 17.1 Å². The van der Waals surface area contributed by atoms with Crippen LogP contribution in [0.2, 0.25) is 0 Å². The van der Waals surface area contributed by atoms with Gasteiger partial charge in [-0.25, -0.2) is 0 Å². The predicted molar refractivity (Wildman–Crippen MR) is 77.3 cm³/mol. The highest BCUT2D eigenvalue weighted by Crippen LogP contribution is 2.28. The van der Waals surface area contributed by atoms with Gasteiger partial charge in [0.25, 0.3) is 6.01 Å². The van der Waals surface area contributed by atoms with Gasteiger partial charge in [-0.2, -0.15) is 4.98 Å². The van der Waals surface area contributed by atoms with E-state index in [9.17, 15) is 0 Å². The molecule has 4 heteroatoms. The summed E-state index contributed by atoms with van der Waals surface area (Å²) in [6, 6.07) is 9.57. The average Bonchev–Trinajstić information content (AvgIpc) is 2.85. The Morgan fingerprint density at radius 3 is 2.68 bits per heavy atom. The summed E-state index contributed by atoms with van der Waals surface area (Å²) in [6.45, 7) is 3.08.